The van der Waals surface area contributed by atoms with Crippen LogP contribution in [0.15, 0.2) is 41.4 Å². The zero-order valence-corrected chi connectivity index (χ0v) is 17.4. The van der Waals surface area contributed by atoms with Crippen molar-refractivity contribution in [2.75, 3.05) is 5.75 Å². The van der Waals surface area contributed by atoms with Crippen molar-refractivity contribution in [2.24, 2.45) is 0 Å². The number of halogens is 2. The predicted molar refractivity (Wildman–Crippen MR) is 110 cm³/mol. The highest BCUT2D eigenvalue weighted by atomic mass is 32.2. The number of H-pyrrole nitrogens is 1. The van der Waals surface area contributed by atoms with Crippen LogP contribution in [0.5, 0.6) is 5.75 Å². The zero-order valence-electron chi connectivity index (χ0n) is 16.5. The van der Waals surface area contributed by atoms with E-state index in [2.05, 4.69) is 18.0 Å². The van der Waals surface area contributed by atoms with E-state index < -0.39 is 5.92 Å². The molecule has 4 nitrogen and oxygen atoms in total. The average Bonchev–Trinajstić information content (AvgIpc) is 3.18. The number of fused-ring (bicyclic) bond motifs is 1. The molecule has 1 aliphatic carbocycles. The van der Waals surface area contributed by atoms with Crippen LogP contribution in [-0.4, -0.2) is 28.0 Å². The predicted octanol–water partition coefficient (Wildman–Crippen LogP) is 5.74. The third-order valence-electron chi connectivity index (χ3n) is 5.42. The summed E-state index contributed by atoms with van der Waals surface area (Å²) in [6.07, 6.45) is 2.01. The van der Waals surface area contributed by atoms with Gasteiger partial charge in [-0.25, -0.2) is 13.8 Å². The Balaban J connectivity index is 1.77. The Morgan fingerprint density at radius 2 is 1.97 bits per heavy atom. The van der Waals surface area contributed by atoms with Crippen LogP contribution in [0.4, 0.5) is 8.78 Å². The molecule has 154 valence electrons. The topological polar surface area (TPSA) is 49.1 Å². The van der Waals surface area contributed by atoms with Crippen molar-refractivity contribution in [2.45, 2.75) is 56.5 Å². The zero-order chi connectivity index (χ0) is 20.6. The summed E-state index contributed by atoms with van der Waals surface area (Å²) in [5, 5.41) is 11.2. The highest BCUT2D eigenvalue weighted by Crippen LogP contribution is 2.40. The van der Waals surface area contributed by atoms with Gasteiger partial charge in [0.05, 0.1) is 17.7 Å². The SMILES string of the molecule is CCSc1ccc(OC2CCC(F)(F)CC2)c(-c2cc(C)[n+](O)c3[nH]ccc23)c1. The highest BCUT2D eigenvalue weighted by molar-refractivity contribution is 7.99. The number of benzene rings is 1. The van der Waals surface area contributed by atoms with E-state index in [1.54, 1.807) is 18.0 Å². The summed E-state index contributed by atoms with van der Waals surface area (Å²) < 4.78 is 34.4. The summed E-state index contributed by atoms with van der Waals surface area (Å²) in [5.74, 6) is -0.938. The fourth-order valence-electron chi connectivity index (χ4n) is 3.89. The van der Waals surface area contributed by atoms with Gasteiger partial charge in [-0.15, -0.1) is 11.8 Å². The Labute approximate surface area is 172 Å². The van der Waals surface area contributed by atoms with Gasteiger partial charge in [-0.2, -0.15) is 0 Å². The number of hydrogen-bond acceptors (Lipinski definition) is 3. The quantitative estimate of drug-likeness (QED) is 0.315. The van der Waals surface area contributed by atoms with E-state index >= 15 is 0 Å². The van der Waals surface area contributed by atoms with E-state index in [4.69, 9.17) is 4.74 Å². The Kier molecular flexibility index (Phi) is 5.42. The average molecular weight is 420 g/mol. The first kappa shape index (κ1) is 20.0. The molecular weight excluding hydrogens is 394 g/mol. The standard InChI is InChI=1S/C22H24F2N2O2S/c1-3-29-16-4-5-20(28-15-6-9-22(23,24)10-7-15)19(13-16)18-12-14(2)26(27)21-17(18)8-11-25-21/h4-5,8,11-13,15,27H,3,6-7,9-10H2,1-2H3/p+1. The molecule has 0 spiro atoms. The summed E-state index contributed by atoms with van der Waals surface area (Å²) in [6, 6.07) is 9.88. The Bertz CT molecular complexity index is 1030. The summed E-state index contributed by atoms with van der Waals surface area (Å²) >= 11 is 1.74. The Morgan fingerprint density at radius 3 is 2.69 bits per heavy atom. The maximum Gasteiger partial charge on any atom is 0.326 e. The minimum Gasteiger partial charge on any atom is -0.490 e. The molecule has 1 saturated carbocycles. The number of alkyl halides is 2. The first-order valence-electron chi connectivity index (χ1n) is 9.91. The van der Waals surface area contributed by atoms with E-state index in [9.17, 15) is 14.0 Å². The fraction of sp³-hybridized carbons (Fsp3) is 0.409. The molecule has 2 aromatic heterocycles. The molecule has 0 bridgehead atoms. The molecule has 0 unspecified atom stereocenters. The Hall–Kier alpha value is -2.28. The molecule has 0 radical (unpaired) electrons. The van der Waals surface area contributed by atoms with E-state index in [1.165, 1.54) is 0 Å². The molecule has 1 fully saturated rings. The number of pyridine rings is 1. The van der Waals surface area contributed by atoms with Gasteiger partial charge in [0.25, 0.3) is 0 Å². The van der Waals surface area contributed by atoms with Crippen molar-refractivity contribution >= 4 is 22.8 Å². The van der Waals surface area contributed by atoms with Gasteiger partial charge in [-0.1, -0.05) is 6.92 Å². The van der Waals surface area contributed by atoms with Crippen LogP contribution < -0.4 is 9.47 Å². The van der Waals surface area contributed by atoms with Gasteiger partial charge >= 0.3 is 5.65 Å². The van der Waals surface area contributed by atoms with Crippen LogP contribution in [0.3, 0.4) is 0 Å². The number of rotatable bonds is 5. The van der Waals surface area contributed by atoms with Gasteiger partial charge in [0, 0.05) is 35.8 Å². The third kappa shape index (κ3) is 4.06. The van der Waals surface area contributed by atoms with Crippen molar-refractivity contribution in [1.82, 2.24) is 4.98 Å². The molecule has 2 heterocycles. The number of aromatic amines is 1. The summed E-state index contributed by atoms with van der Waals surface area (Å²) in [6.45, 7) is 3.93. The lowest BCUT2D eigenvalue weighted by atomic mass is 9.94. The highest BCUT2D eigenvalue weighted by Gasteiger charge is 2.36. The van der Waals surface area contributed by atoms with E-state index in [-0.39, 0.29) is 18.9 Å². The van der Waals surface area contributed by atoms with Gasteiger partial charge < -0.3 is 9.94 Å². The first-order valence-corrected chi connectivity index (χ1v) is 10.9. The van der Waals surface area contributed by atoms with Crippen LogP contribution in [0.2, 0.25) is 0 Å². The lowest BCUT2D eigenvalue weighted by Crippen LogP contribution is -2.34. The molecule has 0 amide bonds. The van der Waals surface area contributed by atoms with Gasteiger partial charge in [0.1, 0.15) is 11.4 Å². The largest absolute Gasteiger partial charge is 0.490 e. The van der Waals surface area contributed by atoms with Gasteiger partial charge in [0.2, 0.25) is 5.92 Å². The number of aromatic nitrogens is 2. The molecule has 0 saturated heterocycles. The number of ether oxygens (including phenoxy) is 1. The van der Waals surface area contributed by atoms with Gasteiger partial charge in [-0.3, -0.25) is 0 Å². The molecule has 1 aliphatic rings. The summed E-state index contributed by atoms with van der Waals surface area (Å²) in [5.41, 5.74) is 3.15. The van der Waals surface area contributed by atoms with Crippen LogP contribution in [-0.2, 0) is 0 Å². The van der Waals surface area contributed by atoms with Crippen LogP contribution >= 0.6 is 11.8 Å². The molecule has 0 atom stereocenters. The normalized spacial score (nSPS) is 17.0. The van der Waals surface area contributed by atoms with Gasteiger partial charge in [-0.05, 0) is 53.7 Å². The monoisotopic (exact) mass is 419 g/mol. The second-order valence-corrected chi connectivity index (χ2v) is 8.85. The summed E-state index contributed by atoms with van der Waals surface area (Å²) in [4.78, 5) is 4.19. The molecule has 3 aromatic rings. The first-order chi connectivity index (χ1) is 13.9. The molecule has 7 heteroatoms. The van der Waals surface area contributed by atoms with Gasteiger partial charge in [0.15, 0.2) is 0 Å². The van der Waals surface area contributed by atoms with E-state index in [1.807, 2.05) is 31.2 Å². The van der Waals surface area contributed by atoms with E-state index in [0.29, 0.717) is 29.9 Å². The van der Waals surface area contributed by atoms with Crippen molar-refractivity contribution in [3.8, 4) is 16.9 Å². The van der Waals surface area contributed by atoms with Crippen molar-refractivity contribution in [3.05, 3.63) is 42.2 Å². The van der Waals surface area contributed by atoms with Crippen molar-refractivity contribution in [1.29, 1.82) is 0 Å². The van der Waals surface area contributed by atoms with Crippen LogP contribution in [0, 0.1) is 6.92 Å². The second-order valence-electron chi connectivity index (χ2n) is 7.52. The van der Waals surface area contributed by atoms with Crippen LogP contribution in [0.25, 0.3) is 22.2 Å². The molecule has 1 aromatic carbocycles. The molecular formula is C22H25F2N2O2S+. The number of nitrogens with zero attached hydrogens (tertiary/aromatic N) is 1. The summed E-state index contributed by atoms with van der Waals surface area (Å²) in [7, 11) is 0. The van der Waals surface area contributed by atoms with Crippen molar-refractivity contribution < 1.29 is 23.5 Å². The number of thioether (sulfide) groups is 1. The maximum atomic E-state index is 13.5. The number of nitrogens with one attached hydrogen (secondary N) is 1. The number of hydrogen-bond donors (Lipinski definition) is 2. The lowest BCUT2D eigenvalue weighted by Gasteiger charge is -2.29. The minimum atomic E-state index is -2.58. The third-order valence-corrected chi connectivity index (χ3v) is 6.30. The maximum absolute atomic E-state index is 13.5. The smallest absolute Gasteiger partial charge is 0.326 e. The fourth-order valence-corrected chi connectivity index (χ4v) is 4.59. The Morgan fingerprint density at radius 1 is 1.21 bits per heavy atom. The molecule has 0 aliphatic heterocycles. The van der Waals surface area contributed by atoms with Crippen molar-refractivity contribution in [3.63, 3.8) is 0 Å². The second kappa shape index (κ2) is 7.86. The van der Waals surface area contributed by atoms with Crippen LogP contribution in [0.1, 0.15) is 38.3 Å². The van der Waals surface area contributed by atoms with E-state index in [0.717, 1.165) is 31.9 Å². The molecule has 29 heavy (non-hydrogen) atoms. The minimum absolute atomic E-state index is 0.131. The number of aryl methyl sites for hydroxylation is 1. The molecule has 2 N–H and O–H groups in total. The molecule has 4 rings (SSSR count). The lowest BCUT2D eigenvalue weighted by molar-refractivity contribution is -0.889.